The predicted octanol–water partition coefficient (Wildman–Crippen LogP) is 0.437. The SMILES string of the molecule is COC(=O)O[Si]C. The van der Waals surface area contributed by atoms with Crippen molar-refractivity contribution in [1.82, 2.24) is 0 Å². The summed E-state index contributed by atoms with van der Waals surface area (Å²) >= 11 is 0. The standard InChI is InChI=1S/C3H6O3Si/c1-5-3(4)6-7-2/h1-2H3. The molecule has 0 rings (SSSR count). The quantitative estimate of drug-likeness (QED) is 0.370. The fourth-order valence-corrected chi connectivity index (χ4v) is 0.375. The van der Waals surface area contributed by atoms with Crippen molar-refractivity contribution < 1.29 is 14.0 Å². The Balaban J connectivity index is 3.00. The zero-order chi connectivity index (χ0) is 5.70. The molecule has 0 N–H and O–H groups in total. The third kappa shape index (κ3) is 3.31. The molecule has 0 aliphatic rings. The molecule has 0 saturated carbocycles. The van der Waals surface area contributed by atoms with E-state index >= 15 is 0 Å². The highest BCUT2D eigenvalue weighted by molar-refractivity contribution is 6.27. The van der Waals surface area contributed by atoms with E-state index in [2.05, 4.69) is 9.16 Å². The van der Waals surface area contributed by atoms with Crippen LogP contribution in [0.3, 0.4) is 0 Å². The maximum absolute atomic E-state index is 9.97. The highest BCUT2D eigenvalue weighted by Crippen LogP contribution is 1.76. The van der Waals surface area contributed by atoms with Crippen molar-refractivity contribution in [3.05, 3.63) is 0 Å². The Labute approximate surface area is 44.6 Å². The fourth-order valence-electron chi connectivity index (χ4n) is 0.125. The molecule has 0 heterocycles. The van der Waals surface area contributed by atoms with Gasteiger partial charge in [0.15, 0.2) is 0 Å². The Morgan fingerprint density at radius 3 is 2.43 bits per heavy atom. The largest absolute Gasteiger partial charge is 0.493 e. The van der Waals surface area contributed by atoms with E-state index in [1.807, 2.05) is 0 Å². The van der Waals surface area contributed by atoms with Gasteiger partial charge >= 0.3 is 15.9 Å². The number of carbonyl (C=O) groups is 1. The van der Waals surface area contributed by atoms with Crippen LogP contribution in [0.2, 0.25) is 6.55 Å². The van der Waals surface area contributed by atoms with Crippen LogP contribution in [0.1, 0.15) is 0 Å². The smallest absolute Gasteiger partial charge is 0.487 e. The van der Waals surface area contributed by atoms with Crippen LogP contribution < -0.4 is 0 Å². The van der Waals surface area contributed by atoms with Crippen molar-refractivity contribution in [2.45, 2.75) is 6.55 Å². The van der Waals surface area contributed by atoms with Crippen LogP contribution >= 0.6 is 0 Å². The topological polar surface area (TPSA) is 35.5 Å². The molecule has 0 amide bonds. The van der Waals surface area contributed by atoms with Crippen molar-refractivity contribution in [2.75, 3.05) is 7.11 Å². The third-order valence-corrected chi connectivity index (χ3v) is 0.723. The number of methoxy groups -OCH3 is 1. The van der Waals surface area contributed by atoms with Gasteiger partial charge in [0.1, 0.15) is 0 Å². The van der Waals surface area contributed by atoms with Crippen LogP contribution in [0.4, 0.5) is 4.79 Å². The minimum atomic E-state index is -0.610. The van der Waals surface area contributed by atoms with E-state index in [1.165, 1.54) is 7.11 Å². The van der Waals surface area contributed by atoms with Crippen LogP contribution in [-0.4, -0.2) is 23.0 Å². The first-order valence-corrected chi connectivity index (χ1v) is 3.13. The lowest BCUT2D eigenvalue weighted by atomic mass is 11.4. The van der Waals surface area contributed by atoms with Crippen LogP contribution in [0, 0.1) is 0 Å². The van der Waals surface area contributed by atoms with Gasteiger partial charge < -0.3 is 9.16 Å². The average molecular weight is 118 g/mol. The first kappa shape index (κ1) is 6.49. The normalized spacial score (nSPS) is 7.71. The maximum atomic E-state index is 9.97. The van der Waals surface area contributed by atoms with Crippen LogP contribution in [0.25, 0.3) is 0 Å². The number of hydrogen-bond acceptors (Lipinski definition) is 3. The predicted molar refractivity (Wildman–Crippen MR) is 25.1 cm³/mol. The highest BCUT2D eigenvalue weighted by Gasteiger charge is 1.94. The van der Waals surface area contributed by atoms with E-state index in [0.717, 1.165) is 0 Å². The average Bonchev–Trinajstić information content (AvgIpc) is 1.68. The minimum absolute atomic E-state index is 0.170. The van der Waals surface area contributed by atoms with Gasteiger partial charge in [0, 0.05) is 0 Å². The first-order chi connectivity index (χ1) is 3.31. The van der Waals surface area contributed by atoms with Crippen molar-refractivity contribution in [3.63, 3.8) is 0 Å². The van der Waals surface area contributed by atoms with Crippen LogP contribution in [-0.2, 0) is 9.16 Å². The lowest BCUT2D eigenvalue weighted by Gasteiger charge is -1.94. The number of rotatable bonds is 1. The zero-order valence-electron chi connectivity index (χ0n) is 4.22. The summed E-state index contributed by atoms with van der Waals surface area (Å²) in [7, 11) is 1.45. The van der Waals surface area contributed by atoms with E-state index in [4.69, 9.17) is 0 Å². The summed E-state index contributed by atoms with van der Waals surface area (Å²) < 4.78 is 8.49. The number of hydrogen-bond donors (Lipinski definition) is 0. The molecule has 3 nitrogen and oxygen atoms in total. The number of ether oxygens (including phenoxy) is 1. The molecular formula is C3H6O3Si. The summed E-state index contributed by atoms with van der Waals surface area (Å²) in [6, 6.07) is 0. The van der Waals surface area contributed by atoms with Gasteiger partial charge in [-0.15, -0.1) is 0 Å². The Hall–Kier alpha value is -0.513. The van der Waals surface area contributed by atoms with Crippen molar-refractivity contribution in [2.24, 2.45) is 0 Å². The summed E-state index contributed by atoms with van der Waals surface area (Å²) in [4.78, 5) is 9.97. The summed E-state index contributed by atoms with van der Waals surface area (Å²) in [5.41, 5.74) is 0. The molecule has 0 aliphatic carbocycles. The van der Waals surface area contributed by atoms with E-state index in [9.17, 15) is 4.79 Å². The molecule has 0 atom stereocenters. The highest BCUT2D eigenvalue weighted by atomic mass is 28.2. The molecule has 0 spiro atoms. The lowest BCUT2D eigenvalue weighted by molar-refractivity contribution is 0.123. The van der Waals surface area contributed by atoms with E-state index < -0.39 is 6.16 Å². The third-order valence-electron chi connectivity index (χ3n) is 0.352. The van der Waals surface area contributed by atoms with E-state index in [0.29, 0.717) is 0 Å². The van der Waals surface area contributed by atoms with Crippen molar-refractivity contribution >= 4 is 15.9 Å². The first-order valence-electron chi connectivity index (χ1n) is 1.72. The second kappa shape index (κ2) is 3.67. The molecule has 0 bridgehead atoms. The van der Waals surface area contributed by atoms with Crippen LogP contribution in [0.15, 0.2) is 0 Å². The molecule has 40 valence electrons. The van der Waals surface area contributed by atoms with Gasteiger partial charge in [0.2, 0.25) is 0 Å². The summed E-state index contributed by atoms with van der Waals surface area (Å²) in [5.74, 6) is 0. The molecule has 2 radical (unpaired) electrons. The Morgan fingerprint density at radius 2 is 2.29 bits per heavy atom. The van der Waals surface area contributed by atoms with Gasteiger partial charge in [-0.1, -0.05) is 0 Å². The molecule has 4 heteroatoms. The molecule has 0 aromatic carbocycles. The van der Waals surface area contributed by atoms with E-state index in [-0.39, 0.29) is 9.76 Å². The van der Waals surface area contributed by atoms with Crippen molar-refractivity contribution in [3.8, 4) is 0 Å². The molecule has 0 unspecified atom stereocenters. The molecule has 0 aliphatic heterocycles. The van der Waals surface area contributed by atoms with Crippen molar-refractivity contribution in [1.29, 1.82) is 0 Å². The summed E-state index contributed by atoms with van der Waals surface area (Å²) in [6.07, 6.45) is -0.610. The van der Waals surface area contributed by atoms with Gasteiger partial charge in [-0.05, 0) is 6.55 Å². The van der Waals surface area contributed by atoms with Gasteiger partial charge in [0.25, 0.3) is 0 Å². The maximum Gasteiger partial charge on any atom is 0.493 e. The molecule has 7 heavy (non-hydrogen) atoms. The lowest BCUT2D eigenvalue weighted by Crippen LogP contribution is -2.04. The second-order valence-electron chi connectivity index (χ2n) is 0.760. The summed E-state index contributed by atoms with van der Waals surface area (Å²) in [6.45, 7) is 1.75. The fraction of sp³-hybridized carbons (Fsp3) is 0.667. The minimum Gasteiger partial charge on any atom is -0.487 e. The summed E-state index contributed by atoms with van der Waals surface area (Å²) in [5, 5.41) is 0. The van der Waals surface area contributed by atoms with Gasteiger partial charge in [-0.2, -0.15) is 0 Å². The second-order valence-corrected chi connectivity index (χ2v) is 1.37. The molecule has 0 aromatic heterocycles. The Bertz CT molecular complexity index is 63.2. The zero-order valence-corrected chi connectivity index (χ0v) is 5.22. The van der Waals surface area contributed by atoms with Gasteiger partial charge in [0.05, 0.1) is 7.11 Å². The van der Waals surface area contributed by atoms with Gasteiger partial charge in [-0.3, -0.25) is 0 Å². The molecule has 0 aromatic rings. The monoisotopic (exact) mass is 118 g/mol. The Kier molecular flexibility index (Phi) is 3.40. The molecular weight excluding hydrogens is 112 g/mol. The molecule has 0 saturated heterocycles. The van der Waals surface area contributed by atoms with Gasteiger partial charge in [-0.25, -0.2) is 4.79 Å². The Morgan fingerprint density at radius 1 is 1.71 bits per heavy atom. The number of carbonyl (C=O) groups excluding carboxylic acids is 1. The van der Waals surface area contributed by atoms with Crippen LogP contribution in [0.5, 0.6) is 0 Å². The molecule has 0 fully saturated rings. The van der Waals surface area contributed by atoms with E-state index in [1.54, 1.807) is 6.55 Å².